The van der Waals surface area contributed by atoms with Crippen LogP contribution in [-0.2, 0) is 10.8 Å². The predicted octanol–water partition coefficient (Wildman–Crippen LogP) is 1.38. The van der Waals surface area contributed by atoms with Gasteiger partial charge in [-0.2, -0.15) is 0 Å². The number of hydrogen-bond donors (Lipinski definition) is 0. The van der Waals surface area contributed by atoms with Gasteiger partial charge in [0.15, 0.2) is 0 Å². The van der Waals surface area contributed by atoms with E-state index in [4.69, 9.17) is 0 Å². The van der Waals surface area contributed by atoms with E-state index < -0.39 is 10.8 Å². The average Bonchev–Trinajstić information content (AvgIpc) is 2.68. The molecule has 3 heteroatoms. The molecule has 2 aliphatic heterocycles. The second kappa shape index (κ2) is 3.31. The van der Waals surface area contributed by atoms with E-state index in [0.717, 1.165) is 17.5 Å². The van der Waals surface area contributed by atoms with Crippen LogP contribution in [0.5, 0.6) is 0 Å². The van der Waals surface area contributed by atoms with Crippen LogP contribution in [0, 0.1) is 5.41 Å². The summed E-state index contributed by atoms with van der Waals surface area (Å²) >= 11 is 0. The number of rotatable bonds is 1. The van der Waals surface area contributed by atoms with Crippen LogP contribution in [0.4, 0.5) is 0 Å². The Morgan fingerprint density at radius 2 is 1.93 bits per heavy atom. The Balaban J connectivity index is 1.61. The molecule has 80 valence electrons. The van der Waals surface area contributed by atoms with Gasteiger partial charge in [0, 0.05) is 40.3 Å². The summed E-state index contributed by atoms with van der Waals surface area (Å²) in [6.07, 6.45) is 7.01. The minimum absolute atomic E-state index is 0.464. The Morgan fingerprint density at radius 3 is 2.57 bits per heavy atom. The molecule has 14 heavy (non-hydrogen) atoms. The minimum Gasteiger partial charge on any atom is -0.300 e. The van der Waals surface area contributed by atoms with E-state index in [1.165, 1.54) is 45.2 Å². The normalized spacial score (nSPS) is 44.7. The molecule has 1 aliphatic carbocycles. The molecule has 0 aromatic carbocycles. The molecule has 2 heterocycles. The Hall–Kier alpha value is 0.110. The summed E-state index contributed by atoms with van der Waals surface area (Å²) in [4.78, 5) is 2.68. The van der Waals surface area contributed by atoms with Crippen molar-refractivity contribution in [3.8, 4) is 0 Å². The summed E-state index contributed by atoms with van der Waals surface area (Å²) in [7, 11) is -0.464. The van der Waals surface area contributed by atoms with Crippen LogP contribution in [0.15, 0.2) is 0 Å². The van der Waals surface area contributed by atoms with Gasteiger partial charge in [-0.25, -0.2) is 0 Å². The molecule has 1 spiro atoms. The van der Waals surface area contributed by atoms with Crippen molar-refractivity contribution in [3.05, 3.63) is 0 Å². The SMILES string of the molecule is O=S1CC2(CCN(C3CCCC3)C2)C1. The van der Waals surface area contributed by atoms with Gasteiger partial charge in [-0.3, -0.25) is 9.11 Å². The highest BCUT2D eigenvalue weighted by Crippen LogP contribution is 2.41. The molecule has 3 rings (SSSR count). The third-order valence-electron chi connectivity index (χ3n) is 4.24. The highest BCUT2D eigenvalue weighted by molar-refractivity contribution is 7.86. The van der Waals surface area contributed by atoms with Crippen molar-refractivity contribution >= 4 is 10.8 Å². The van der Waals surface area contributed by atoms with Crippen LogP contribution >= 0.6 is 0 Å². The number of hydrogen-bond acceptors (Lipinski definition) is 2. The van der Waals surface area contributed by atoms with Crippen LogP contribution in [0.25, 0.3) is 0 Å². The molecule has 1 saturated carbocycles. The first-order chi connectivity index (χ1) is 6.77. The number of nitrogens with zero attached hydrogens (tertiary/aromatic N) is 1. The van der Waals surface area contributed by atoms with Gasteiger partial charge in [-0.05, 0) is 25.8 Å². The zero-order valence-corrected chi connectivity index (χ0v) is 9.52. The maximum absolute atomic E-state index is 11.2. The predicted molar refractivity (Wildman–Crippen MR) is 58.8 cm³/mol. The van der Waals surface area contributed by atoms with Crippen LogP contribution < -0.4 is 0 Å². The third-order valence-corrected chi connectivity index (χ3v) is 6.11. The highest BCUT2D eigenvalue weighted by atomic mass is 32.2. The standard InChI is InChI=1S/C11H19NOS/c13-14-8-11(9-14)5-6-12(7-11)10-3-1-2-4-10/h10H,1-9H2. The summed E-state index contributed by atoms with van der Waals surface area (Å²) in [6.45, 7) is 2.53. The van der Waals surface area contributed by atoms with Gasteiger partial charge in [0.1, 0.15) is 0 Å². The fourth-order valence-electron chi connectivity index (χ4n) is 3.43. The van der Waals surface area contributed by atoms with E-state index in [2.05, 4.69) is 4.90 Å². The van der Waals surface area contributed by atoms with E-state index >= 15 is 0 Å². The monoisotopic (exact) mass is 213 g/mol. The quantitative estimate of drug-likeness (QED) is 0.656. The summed E-state index contributed by atoms with van der Waals surface area (Å²) in [6, 6.07) is 0.878. The van der Waals surface area contributed by atoms with E-state index in [0.29, 0.717) is 5.41 Å². The lowest BCUT2D eigenvalue weighted by Gasteiger charge is -2.37. The van der Waals surface area contributed by atoms with Crippen molar-refractivity contribution in [1.29, 1.82) is 0 Å². The van der Waals surface area contributed by atoms with Crippen molar-refractivity contribution in [1.82, 2.24) is 4.90 Å². The molecule has 0 aromatic heterocycles. The van der Waals surface area contributed by atoms with Crippen LogP contribution in [0.2, 0.25) is 0 Å². The summed E-state index contributed by atoms with van der Waals surface area (Å²) in [5, 5.41) is 0. The fourth-order valence-corrected chi connectivity index (χ4v) is 5.18. The molecule has 2 nitrogen and oxygen atoms in total. The van der Waals surface area contributed by atoms with Gasteiger partial charge in [-0.15, -0.1) is 0 Å². The van der Waals surface area contributed by atoms with Crippen LogP contribution in [-0.4, -0.2) is 39.7 Å². The molecule has 0 bridgehead atoms. The second-order valence-electron chi connectivity index (χ2n) is 5.39. The lowest BCUT2D eigenvalue weighted by atomic mass is 9.91. The Morgan fingerprint density at radius 1 is 1.21 bits per heavy atom. The van der Waals surface area contributed by atoms with Crippen LogP contribution in [0.3, 0.4) is 0 Å². The van der Waals surface area contributed by atoms with E-state index in [1.807, 2.05) is 0 Å². The fraction of sp³-hybridized carbons (Fsp3) is 1.00. The van der Waals surface area contributed by atoms with Gasteiger partial charge in [-0.1, -0.05) is 12.8 Å². The molecule has 0 aromatic rings. The first kappa shape index (κ1) is 9.34. The van der Waals surface area contributed by atoms with Crippen molar-refractivity contribution in [3.63, 3.8) is 0 Å². The molecule has 0 amide bonds. The van der Waals surface area contributed by atoms with Gasteiger partial charge in [0.25, 0.3) is 0 Å². The maximum atomic E-state index is 11.2. The zero-order chi connectivity index (χ0) is 9.60. The van der Waals surface area contributed by atoms with Gasteiger partial charge < -0.3 is 0 Å². The van der Waals surface area contributed by atoms with Crippen LogP contribution in [0.1, 0.15) is 32.1 Å². The third kappa shape index (κ3) is 1.45. The summed E-state index contributed by atoms with van der Waals surface area (Å²) < 4.78 is 11.2. The Bertz CT molecular complexity index is 252. The molecule has 0 radical (unpaired) electrons. The topological polar surface area (TPSA) is 20.3 Å². The number of likely N-dealkylation sites (tertiary alicyclic amines) is 1. The molecular weight excluding hydrogens is 194 g/mol. The lowest BCUT2D eigenvalue weighted by molar-refractivity contribution is 0.217. The highest BCUT2D eigenvalue weighted by Gasteiger charge is 2.48. The van der Waals surface area contributed by atoms with E-state index in [9.17, 15) is 4.21 Å². The molecule has 0 atom stereocenters. The van der Waals surface area contributed by atoms with Gasteiger partial charge >= 0.3 is 0 Å². The first-order valence-corrected chi connectivity index (χ1v) is 7.35. The molecule has 0 unspecified atom stereocenters. The minimum atomic E-state index is -0.464. The van der Waals surface area contributed by atoms with E-state index in [1.54, 1.807) is 0 Å². The molecular formula is C11H19NOS. The van der Waals surface area contributed by atoms with Crippen molar-refractivity contribution in [2.24, 2.45) is 5.41 Å². The Kier molecular flexibility index (Phi) is 2.21. The maximum Gasteiger partial charge on any atom is 0.0313 e. The van der Waals surface area contributed by atoms with Gasteiger partial charge in [0.05, 0.1) is 0 Å². The smallest absolute Gasteiger partial charge is 0.0313 e. The molecule has 0 N–H and O–H groups in total. The van der Waals surface area contributed by atoms with Crippen molar-refractivity contribution in [2.45, 2.75) is 38.1 Å². The van der Waals surface area contributed by atoms with E-state index in [-0.39, 0.29) is 0 Å². The summed E-state index contributed by atoms with van der Waals surface area (Å²) in [5.74, 6) is 1.99. The molecule has 3 aliphatic rings. The second-order valence-corrected chi connectivity index (χ2v) is 6.84. The molecule has 3 fully saturated rings. The average molecular weight is 213 g/mol. The van der Waals surface area contributed by atoms with Crippen molar-refractivity contribution < 1.29 is 4.21 Å². The van der Waals surface area contributed by atoms with Gasteiger partial charge in [0.2, 0.25) is 0 Å². The molecule has 2 saturated heterocycles. The summed E-state index contributed by atoms with van der Waals surface area (Å²) in [5.41, 5.74) is 0.494. The zero-order valence-electron chi connectivity index (χ0n) is 8.71. The largest absolute Gasteiger partial charge is 0.300 e. The Labute approximate surface area is 88.5 Å². The first-order valence-electron chi connectivity index (χ1n) is 5.87. The lowest BCUT2D eigenvalue weighted by Crippen LogP contribution is -2.47. The van der Waals surface area contributed by atoms with Crippen molar-refractivity contribution in [2.75, 3.05) is 24.6 Å².